The molecule has 152 valence electrons. The van der Waals surface area contributed by atoms with Crippen molar-refractivity contribution in [1.82, 2.24) is 0 Å². The molecule has 0 aromatic heterocycles. The number of Topliss-reactive ketones (excluding diaryl/α,β-unsaturated/α-hetero) is 1. The van der Waals surface area contributed by atoms with Crippen molar-refractivity contribution < 1.29 is 19.4 Å². The van der Waals surface area contributed by atoms with Crippen molar-refractivity contribution in [2.45, 2.75) is 84.7 Å². The molecule has 4 rings (SSSR count). The minimum absolute atomic E-state index is 0.0475. The number of hydrogen-bond acceptors (Lipinski definition) is 4. The zero-order chi connectivity index (χ0) is 19.4. The van der Waals surface area contributed by atoms with Crippen LogP contribution in [0.2, 0.25) is 0 Å². The maximum absolute atomic E-state index is 12.8. The highest BCUT2D eigenvalue weighted by Crippen LogP contribution is 2.67. The van der Waals surface area contributed by atoms with Gasteiger partial charge in [-0.1, -0.05) is 13.8 Å². The van der Waals surface area contributed by atoms with E-state index in [0.717, 1.165) is 50.4 Å². The van der Waals surface area contributed by atoms with Crippen LogP contribution in [0.4, 0.5) is 0 Å². The first-order valence-electron chi connectivity index (χ1n) is 11.1. The molecule has 0 spiro atoms. The van der Waals surface area contributed by atoms with Gasteiger partial charge in [0.25, 0.3) is 0 Å². The monoisotopic (exact) mass is 376 g/mol. The van der Waals surface area contributed by atoms with E-state index in [0.29, 0.717) is 17.3 Å². The van der Waals surface area contributed by atoms with Gasteiger partial charge in [-0.25, -0.2) is 0 Å². The number of ketones is 1. The summed E-state index contributed by atoms with van der Waals surface area (Å²) in [6, 6.07) is 0. The van der Waals surface area contributed by atoms with E-state index in [1.165, 1.54) is 26.2 Å². The Morgan fingerprint density at radius 1 is 0.963 bits per heavy atom. The normalized spacial score (nSPS) is 48.9. The SMILES string of the molecule is CC(=O)OCC(=O)[C@H]1CC[C@H]2[C@@H]3CC[C@H]4C[C@@H](O)CC[C@]4(C)[C@H]3CC[C@]12C. The Labute approximate surface area is 163 Å². The molecule has 8 atom stereocenters. The van der Waals surface area contributed by atoms with Crippen LogP contribution in [0.25, 0.3) is 0 Å². The number of rotatable bonds is 3. The van der Waals surface area contributed by atoms with E-state index < -0.39 is 0 Å². The third-order valence-corrected chi connectivity index (χ3v) is 9.44. The highest BCUT2D eigenvalue weighted by Gasteiger charge is 2.61. The van der Waals surface area contributed by atoms with Crippen molar-refractivity contribution in [2.75, 3.05) is 6.61 Å². The maximum atomic E-state index is 12.8. The Balaban J connectivity index is 1.52. The Morgan fingerprint density at radius 2 is 1.67 bits per heavy atom. The number of esters is 1. The van der Waals surface area contributed by atoms with E-state index >= 15 is 0 Å². The first-order valence-corrected chi connectivity index (χ1v) is 11.1. The van der Waals surface area contributed by atoms with E-state index in [-0.39, 0.29) is 35.8 Å². The lowest BCUT2D eigenvalue weighted by Gasteiger charge is -2.60. The fraction of sp³-hybridized carbons (Fsp3) is 0.913. The molecule has 4 aliphatic carbocycles. The highest BCUT2D eigenvalue weighted by molar-refractivity contribution is 5.85. The molecule has 0 aromatic rings. The molecule has 4 nitrogen and oxygen atoms in total. The molecule has 0 saturated heterocycles. The second kappa shape index (κ2) is 6.86. The van der Waals surface area contributed by atoms with Gasteiger partial charge in [-0.15, -0.1) is 0 Å². The number of fused-ring (bicyclic) bond motifs is 5. The molecule has 0 heterocycles. The maximum Gasteiger partial charge on any atom is 0.303 e. The van der Waals surface area contributed by atoms with Crippen LogP contribution in [0.15, 0.2) is 0 Å². The quantitative estimate of drug-likeness (QED) is 0.752. The third kappa shape index (κ3) is 3.07. The zero-order valence-electron chi connectivity index (χ0n) is 17.2. The van der Waals surface area contributed by atoms with Crippen LogP contribution in [-0.2, 0) is 14.3 Å². The zero-order valence-corrected chi connectivity index (χ0v) is 17.2. The van der Waals surface area contributed by atoms with Crippen molar-refractivity contribution in [3.63, 3.8) is 0 Å². The highest BCUT2D eigenvalue weighted by atomic mass is 16.5. The van der Waals surface area contributed by atoms with Gasteiger partial charge < -0.3 is 9.84 Å². The summed E-state index contributed by atoms with van der Waals surface area (Å²) in [5.74, 6) is 2.62. The van der Waals surface area contributed by atoms with Gasteiger partial charge in [0.15, 0.2) is 5.78 Å². The molecule has 4 aliphatic rings. The molecular formula is C23H36O4. The van der Waals surface area contributed by atoms with Crippen LogP contribution in [0.3, 0.4) is 0 Å². The summed E-state index contributed by atoms with van der Waals surface area (Å²) in [5.41, 5.74) is 0.457. The fourth-order valence-corrected chi connectivity index (χ4v) is 8.04. The standard InChI is InChI=1S/C23H36O4/c1-14(24)27-13-21(26)20-7-6-18-17-5-4-15-12-16(25)8-10-22(15,2)19(17)9-11-23(18,20)3/h15-20,25H,4-13H2,1-3H3/t15-,16-,17-,18-,19-,20+,22-,23-/m0/s1. The minimum atomic E-state index is -0.363. The average Bonchev–Trinajstić information content (AvgIpc) is 2.97. The second-order valence-electron chi connectivity index (χ2n) is 10.5. The molecule has 0 amide bonds. The molecular weight excluding hydrogens is 340 g/mol. The first kappa shape index (κ1) is 19.4. The van der Waals surface area contributed by atoms with Gasteiger partial charge in [-0.2, -0.15) is 0 Å². The summed E-state index contributed by atoms with van der Waals surface area (Å²) in [6.07, 6.45) is 9.99. The van der Waals surface area contributed by atoms with Gasteiger partial charge in [-0.3, -0.25) is 9.59 Å². The molecule has 4 saturated carbocycles. The molecule has 27 heavy (non-hydrogen) atoms. The number of aliphatic hydroxyl groups is 1. The fourth-order valence-electron chi connectivity index (χ4n) is 8.04. The van der Waals surface area contributed by atoms with Crippen LogP contribution in [-0.4, -0.2) is 29.6 Å². The van der Waals surface area contributed by atoms with Crippen LogP contribution in [0, 0.1) is 40.4 Å². The van der Waals surface area contributed by atoms with Crippen molar-refractivity contribution in [3.8, 4) is 0 Å². The predicted octanol–water partition coefficient (Wildman–Crippen LogP) is 4.14. The van der Waals surface area contributed by atoms with E-state index in [9.17, 15) is 14.7 Å². The molecule has 0 unspecified atom stereocenters. The van der Waals surface area contributed by atoms with Crippen molar-refractivity contribution >= 4 is 11.8 Å². The van der Waals surface area contributed by atoms with Crippen LogP contribution < -0.4 is 0 Å². The number of hydrogen-bond donors (Lipinski definition) is 1. The summed E-state index contributed by atoms with van der Waals surface area (Å²) in [4.78, 5) is 23.9. The van der Waals surface area contributed by atoms with Crippen LogP contribution in [0.1, 0.15) is 78.6 Å². The van der Waals surface area contributed by atoms with Crippen molar-refractivity contribution in [3.05, 3.63) is 0 Å². The number of carbonyl (C=O) groups is 2. The van der Waals surface area contributed by atoms with Crippen molar-refractivity contribution in [1.29, 1.82) is 0 Å². The van der Waals surface area contributed by atoms with E-state index in [4.69, 9.17) is 4.74 Å². The largest absolute Gasteiger partial charge is 0.458 e. The van der Waals surface area contributed by atoms with Crippen molar-refractivity contribution in [2.24, 2.45) is 40.4 Å². The van der Waals surface area contributed by atoms with Gasteiger partial charge in [0.2, 0.25) is 0 Å². The van der Waals surface area contributed by atoms with Gasteiger partial charge in [0, 0.05) is 12.8 Å². The topological polar surface area (TPSA) is 63.6 Å². The Hall–Kier alpha value is -0.900. The summed E-state index contributed by atoms with van der Waals surface area (Å²) < 4.78 is 5.03. The number of carbonyl (C=O) groups excluding carboxylic acids is 2. The van der Waals surface area contributed by atoms with E-state index in [1.807, 2.05) is 0 Å². The Kier molecular flexibility index (Phi) is 4.93. The lowest BCUT2D eigenvalue weighted by atomic mass is 9.44. The summed E-state index contributed by atoms with van der Waals surface area (Å²) >= 11 is 0. The summed E-state index contributed by atoms with van der Waals surface area (Å²) in [5, 5.41) is 10.2. The molecule has 0 bridgehead atoms. The summed E-state index contributed by atoms with van der Waals surface area (Å²) in [7, 11) is 0. The Morgan fingerprint density at radius 3 is 2.41 bits per heavy atom. The van der Waals surface area contributed by atoms with E-state index in [1.54, 1.807) is 0 Å². The minimum Gasteiger partial charge on any atom is -0.458 e. The molecule has 4 fully saturated rings. The molecule has 0 aromatic carbocycles. The molecule has 1 N–H and O–H groups in total. The molecule has 0 aliphatic heterocycles. The predicted molar refractivity (Wildman–Crippen MR) is 103 cm³/mol. The number of ether oxygens (including phenoxy) is 1. The lowest BCUT2D eigenvalue weighted by molar-refractivity contribution is -0.151. The van der Waals surface area contributed by atoms with Gasteiger partial charge in [0.1, 0.15) is 6.61 Å². The van der Waals surface area contributed by atoms with Crippen LogP contribution in [0.5, 0.6) is 0 Å². The lowest BCUT2D eigenvalue weighted by Crippen LogP contribution is -2.54. The van der Waals surface area contributed by atoms with Gasteiger partial charge in [0.05, 0.1) is 6.10 Å². The van der Waals surface area contributed by atoms with E-state index in [2.05, 4.69) is 13.8 Å². The first-order chi connectivity index (χ1) is 12.8. The average molecular weight is 377 g/mol. The second-order valence-corrected chi connectivity index (χ2v) is 10.5. The summed E-state index contributed by atoms with van der Waals surface area (Å²) in [6.45, 7) is 6.17. The smallest absolute Gasteiger partial charge is 0.303 e. The van der Waals surface area contributed by atoms with Gasteiger partial charge >= 0.3 is 5.97 Å². The number of aliphatic hydroxyl groups excluding tert-OH is 1. The van der Waals surface area contributed by atoms with Gasteiger partial charge in [-0.05, 0) is 92.3 Å². The molecule has 0 radical (unpaired) electrons. The molecule has 4 heteroatoms. The third-order valence-electron chi connectivity index (χ3n) is 9.44. The van der Waals surface area contributed by atoms with Crippen LogP contribution >= 0.6 is 0 Å². The Bertz CT molecular complexity index is 615.